The van der Waals surface area contributed by atoms with E-state index in [0.29, 0.717) is 0 Å². The van der Waals surface area contributed by atoms with E-state index < -0.39 is 0 Å². The van der Waals surface area contributed by atoms with Crippen molar-refractivity contribution in [3.05, 3.63) is 155 Å². The third-order valence-corrected chi connectivity index (χ3v) is 15.1. The summed E-state index contributed by atoms with van der Waals surface area (Å²) in [6, 6.07) is 47.0. The first-order chi connectivity index (χ1) is 27.1. The number of quaternary nitrogens is 2. The van der Waals surface area contributed by atoms with Crippen molar-refractivity contribution in [3.8, 4) is 55.6 Å². The molecule has 2 nitrogen and oxygen atoms in total. The largest absolute Gasteiger partial charge is 0.0538 e. The smallest absolute Gasteiger partial charge is 0.0514 e. The molecule has 1 unspecified atom stereocenters. The molecule has 0 aliphatic heterocycles. The van der Waals surface area contributed by atoms with Crippen LogP contribution in [0.4, 0.5) is 0 Å². The molecule has 6 aromatic carbocycles. The van der Waals surface area contributed by atoms with Gasteiger partial charge >= 0.3 is 273 Å². The fraction of sp³-hybridized carbons (Fsp3) is 0.333. The molecule has 0 aromatic heterocycles. The van der Waals surface area contributed by atoms with E-state index in [1.807, 2.05) is 0 Å². The molecule has 6 aromatic rings. The molecule has 0 heterocycles. The number of aryl methyl sites for hydroxylation is 4. The van der Waals surface area contributed by atoms with Gasteiger partial charge in [0.25, 0.3) is 0 Å². The normalized spacial score (nSPS) is 15.2. The maximum Gasteiger partial charge on any atom is -0.0514 e. The molecule has 0 saturated carbocycles. The molecule has 0 spiro atoms. The van der Waals surface area contributed by atoms with Gasteiger partial charge in [-0.1, -0.05) is 53.6 Å². The van der Waals surface area contributed by atoms with Crippen LogP contribution in [0.2, 0.25) is 0 Å². The van der Waals surface area contributed by atoms with Gasteiger partial charge in [0.15, 0.2) is 0 Å². The minimum Gasteiger partial charge on any atom is -0.0538 e. The fourth-order valence-corrected chi connectivity index (χ4v) is 11.4. The molecule has 1 atom stereocenters. The third-order valence-electron chi connectivity index (χ3n) is 11.8. The predicted molar refractivity (Wildman–Crippen MR) is 242 cm³/mol. The Morgan fingerprint density at radius 3 is 1.37 bits per heavy atom. The second-order valence-electron chi connectivity index (χ2n) is 18.7. The van der Waals surface area contributed by atoms with Gasteiger partial charge in [0.05, 0.1) is 0 Å². The van der Waals surface area contributed by atoms with Crippen molar-refractivity contribution in [1.29, 1.82) is 0 Å². The molecule has 1 aliphatic rings. The van der Waals surface area contributed by atoms with Crippen molar-refractivity contribution in [2.45, 2.75) is 65.2 Å². The summed E-state index contributed by atoms with van der Waals surface area (Å²) in [6.07, 6.45) is 6.17. The fourth-order valence-electron chi connectivity index (χ4n) is 9.22. The summed E-state index contributed by atoms with van der Waals surface area (Å²) in [5, 5.41) is 0. The Bertz CT molecular complexity index is 2290. The number of hydrogen-bond acceptors (Lipinski definition) is 0. The second kappa shape index (κ2) is 16.7. The van der Waals surface area contributed by atoms with Crippen molar-refractivity contribution in [2.24, 2.45) is 0 Å². The molecule has 7 rings (SSSR count). The predicted octanol–water partition coefficient (Wildman–Crippen LogP) is 10.2. The van der Waals surface area contributed by atoms with Crippen LogP contribution in [0.5, 0.6) is 0 Å². The topological polar surface area (TPSA) is 0 Å². The van der Waals surface area contributed by atoms with Gasteiger partial charge in [0.2, 0.25) is 0 Å². The van der Waals surface area contributed by atoms with Gasteiger partial charge in [-0.05, 0) is 30.5 Å². The van der Waals surface area contributed by atoms with E-state index in [-0.39, 0.29) is 26.9 Å². The number of halogens is 1. The zero-order valence-corrected chi connectivity index (χ0v) is 38.4. The minimum absolute atomic E-state index is 0.0186. The van der Waals surface area contributed by atoms with Crippen LogP contribution < -0.4 is 21.5 Å². The van der Waals surface area contributed by atoms with E-state index >= 15 is 0 Å². The number of rotatable bonds is 14. The van der Waals surface area contributed by atoms with Crippen LogP contribution in [0.3, 0.4) is 0 Å². The number of hydrogen-bond donors (Lipinski definition) is 0. The number of alkyl halides is 1. The summed E-state index contributed by atoms with van der Waals surface area (Å²) < 4.78 is 3.49. The first-order valence-electron chi connectivity index (χ1n) is 21.0. The van der Waals surface area contributed by atoms with Crippen LogP contribution in [-0.2, 0) is 5.41 Å². The van der Waals surface area contributed by atoms with Crippen molar-refractivity contribution >= 4 is 0 Å². The van der Waals surface area contributed by atoms with E-state index in [0.717, 1.165) is 7.18 Å². The molecule has 3 heteroatoms. The van der Waals surface area contributed by atoms with Crippen LogP contribution >= 0.6 is 0 Å². The van der Waals surface area contributed by atoms with Crippen LogP contribution in [0.15, 0.2) is 121 Å². The molecular formula is C54H64IN2+. The van der Waals surface area contributed by atoms with E-state index in [4.69, 9.17) is 0 Å². The molecule has 0 saturated heterocycles. The maximum atomic E-state index is 2.60. The molecule has 0 fully saturated rings. The second-order valence-corrected chi connectivity index (χ2v) is 23.4. The quantitative estimate of drug-likeness (QED) is 0.0337. The molecule has 0 N–H and O–H groups in total. The summed E-state index contributed by atoms with van der Waals surface area (Å²) in [6.45, 7) is 10.0. The summed E-state index contributed by atoms with van der Waals surface area (Å²) in [5.74, 6) is 0. The Morgan fingerprint density at radius 1 is 0.404 bits per heavy atom. The Morgan fingerprint density at radius 2 is 0.842 bits per heavy atom. The summed E-state index contributed by atoms with van der Waals surface area (Å²) >= 11 is 0.0804. The monoisotopic (exact) mass is 867 g/mol. The molecule has 0 bridgehead atoms. The molecular weight excluding hydrogens is 804 g/mol. The minimum atomic E-state index is 0.0186. The molecule has 1 aliphatic carbocycles. The number of nitrogens with zero attached hydrogens (tertiary/aromatic N) is 2. The van der Waals surface area contributed by atoms with Crippen LogP contribution in [0.25, 0.3) is 55.6 Å². The van der Waals surface area contributed by atoms with E-state index in [2.05, 4.69) is 191 Å². The van der Waals surface area contributed by atoms with Gasteiger partial charge in [-0.25, -0.2) is 0 Å². The number of fused-ring (bicyclic) bond motifs is 3. The Kier molecular flexibility index (Phi) is 12.0. The molecule has 0 amide bonds. The molecule has 296 valence electrons. The SMILES string of the molecule is Cc1cc(C)cc(-c2ccc(-c3ccc(-c4ccc5c(c4)-c4ccc(-c6cc(C)cc(C)c6)cc4C5(CCCC[N+](C)(C)C)CCC[I-][N+](C)(C)C)cc3)cc2)c1. The van der Waals surface area contributed by atoms with Crippen molar-refractivity contribution in [3.63, 3.8) is 0 Å². The first kappa shape index (κ1) is 41.1. The van der Waals surface area contributed by atoms with Crippen molar-refractivity contribution < 1.29 is 28.7 Å². The number of benzene rings is 6. The Labute approximate surface area is 355 Å². The van der Waals surface area contributed by atoms with E-state index in [9.17, 15) is 0 Å². The van der Waals surface area contributed by atoms with Gasteiger partial charge in [-0.2, -0.15) is 0 Å². The van der Waals surface area contributed by atoms with Crippen LogP contribution in [0, 0.1) is 27.7 Å². The van der Waals surface area contributed by atoms with E-state index in [1.165, 1.54) is 121 Å². The molecule has 57 heavy (non-hydrogen) atoms. The zero-order chi connectivity index (χ0) is 40.5. The Balaban J connectivity index is 1.25. The average molecular weight is 868 g/mol. The maximum absolute atomic E-state index is 2.60. The van der Waals surface area contributed by atoms with Gasteiger partial charge < -0.3 is 0 Å². The van der Waals surface area contributed by atoms with Gasteiger partial charge in [0, 0.05) is 0 Å². The third kappa shape index (κ3) is 9.65. The zero-order valence-electron chi connectivity index (χ0n) is 36.3. The number of unbranched alkanes of at least 4 members (excludes halogenated alkanes) is 1. The first-order valence-corrected chi connectivity index (χ1v) is 23.5. The van der Waals surface area contributed by atoms with Crippen LogP contribution in [0.1, 0.15) is 65.5 Å². The van der Waals surface area contributed by atoms with E-state index in [1.54, 1.807) is 11.1 Å². The van der Waals surface area contributed by atoms with Crippen LogP contribution in [-0.4, -0.2) is 60.4 Å². The average Bonchev–Trinajstić information content (AvgIpc) is 3.42. The van der Waals surface area contributed by atoms with Gasteiger partial charge in [-0.3, -0.25) is 0 Å². The summed E-state index contributed by atoms with van der Waals surface area (Å²) in [5.41, 5.74) is 21.6. The standard InChI is InChI=1S/C54H64IN2/c1-38-30-39(2)33-48(32-38)45-20-16-43(17-21-45)42-14-18-44(19-15-42)46-23-25-52-51(36-46)50-24-22-47(49-34-40(3)31-41(4)35-49)37-53(50)54(52,26-11-12-29-56(5,6)7)27-13-28-55-57(8,9)10/h14-25,30-37H,11-13,26-29H2,1-10H3/q+1. The Hall–Kier alpha value is -4.03. The summed E-state index contributed by atoms with van der Waals surface area (Å²) in [7, 11) is 14.1. The van der Waals surface area contributed by atoms with Crippen molar-refractivity contribution in [2.75, 3.05) is 53.3 Å². The van der Waals surface area contributed by atoms with Gasteiger partial charge in [-0.15, -0.1) is 0 Å². The van der Waals surface area contributed by atoms with Crippen molar-refractivity contribution in [1.82, 2.24) is 0 Å². The van der Waals surface area contributed by atoms with Gasteiger partial charge in [0.1, 0.15) is 0 Å². The summed E-state index contributed by atoms with van der Waals surface area (Å²) in [4.78, 5) is 0. The molecule has 0 radical (unpaired) electrons.